The fourth-order valence-corrected chi connectivity index (χ4v) is 2.96. The Morgan fingerprint density at radius 3 is 2.52 bits per heavy atom. The minimum Gasteiger partial charge on any atom is -0.469 e. The van der Waals surface area contributed by atoms with E-state index in [2.05, 4.69) is 49.5 Å². The van der Waals surface area contributed by atoms with Crippen LogP contribution in [0.4, 0.5) is 0 Å². The fourth-order valence-electron chi connectivity index (χ4n) is 2.96. The smallest absolute Gasteiger partial charge is 0.309 e. The van der Waals surface area contributed by atoms with E-state index in [0.29, 0.717) is 18.5 Å². The van der Waals surface area contributed by atoms with Crippen molar-refractivity contribution in [3.8, 4) is 0 Å². The Labute approximate surface area is 139 Å². The van der Waals surface area contributed by atoms with Crippen LogP contribution in [-0.2, 0) is 22.4 Å². The molecule has 0 unspecified atom stereocenters. The maximum absolute atomic E-state index is 11.3. The van der Waals surface area contributed by atoms with E-state index in [4.69, 9.17) is 4.74 Å². The van der Waals surface area contributed by atoms with Crippen molar-refractivity contribution < 1.29 is 9.53 Å². The van der Waals surface area contributed by atoms with E-state index in [1.54, 1.807) is 0 Å². The van der Waals surface area contributed by atoms with Crippen molar-refractivity contribution in [3.05, 3.63) is 59.2 Å². The van der Waals surface area contributed by atoms with Crippen LogP contribution in [0, 0.1) is 0 Å². The van der Waals surface area contributed by atoms with Crippen LogP contribution in [0.2, 0.25) is 0 Å². The predicted molar refractivity (Wildman–Crippen MR) is 94.4 cm³/mol. The Morgan fingerprint density at radius 2 is 1.91 bits per heavy atom. The average molecular weight is 313 g/mol. The molecule has 0 radical (unpaired) electrons. The van der Waals surface area contributed by atoms with Gasteiger partial charge in [-0.1, -0.05) is 48.1 Å². The van der Waals surface area contributed by atoms with Crippen LogP contribution < -0.4 is 5.32 Å². The van der Waals surface area contributed by atoms with Gasteiger partial charge in [-0.2, -0.15) is 0 Å². The maximum Gasteiger partial charge on any atom is 0.309 e. The van der Waals surface area contributed by atoms with E-state index < -0.39 is 0 Å². The summed E-state index contributed by atoms with van der Waals surface area (Å²) >= 11 is 0. The first kappa shape index (κ1) is 17.5. The SMILES string of the molecule is COC(=O)Cc1ccc(C[C@@H](C)N[C@H](C)C2=CC=CCC2)cc1. The third-order valence-corrected chi connectivity index (χ3v) is 4.28. The highest BCUT2D eigenvalue weighted by molar-refractivity contribution is 5.72. The van der Waals surface area contributed by atoms with Gasteiger partial charge in [-0.15, -0.1) is 0 Å². The van der Waals surface area contributed by atoms with Gasteiger partial charge in [0.25, 0.3) is 0 Å². The standard InChI is InChI=1S/C20H27NO2/c1-15(21-16(2)19-7-5-4-6-8-19)13-17-9-11-18(12-10-17)14-20(22)23-3/h4-5,7,9-12,15-16,21H,6,8,13-14H2,1-3H3/t15-,16-/m1/s1. The van der Waals surface area contributed by atoms with Gasteiger partial charge in [0.1, 0.15) is 0 Å². The van der Waals surface area contributed by atoms with E-state index in [1.807, 2.05) is 12.1 Å². The minimum atomic E-state index is -0.198. The second-order valence-electron chi connectivity index (χ2n) is 6.27. The molecule has 0 heterocycles. The molecule has 1 aromatic rings. The van der Waals surface area contributed by atoms with Gasteiger partial charge in [0.05, 0.1) is 13.5 Å². The molecule has 0 saturated carbocycles. The molecule has 0 bridgehead atoms. The summed E-state index contributed by atoms with van der Waals surface area (Å²) in [4.78, 5) is 11.3. The van der Waals surface area contributed by atoms with Crippen molar-refractivity contribution in [1.29, 1.82) is 0 Å². The minimum absolute atomic E-state index is 0.198. The highest BCUT2D eigenvalue weighted by Gasteiger charge is 2.13. The number of rotatable bonds is 7. The highest BCUT2D eigenvalue weighted by Crippen LogP contribution is 2.16. The number of ether oxygens (including phenoxy) is 1. The first-order chi connectivity index (χ1) is 11.1. The normalized spacial score (nSPS) is 16.6. The number of carbonyl (C=O) groups is 1. The number of hydrogen-bond donors (Lipinski definition) is 1. The van der Waals surface area contributed by atoms with E-state index in [1.165, 1.54) is 18.2 Å². The lowest BCUT2D eigenvalue weighted by Gasteiger charge is -2.23. The second kappa shape index (κ2) is 8.68. The molecular weight excluding hydrogens is 286 g/mol. The monoisotopic (exact) mass is 313 g/mol. The Balaban J connectivity index is 1.85. The number of allylic oxidation sites excluding steroid dienone is 3. The van der Waals surface area contributed by atoms with Crippen molar-refractivity contribution in [2.45, 2.75) is 51.6 Å². The van der Waals surface area contributed by atoms with Crippen LogP contribution in [0.5, 0.6) is 0 Å². The maximum atomic E-state index is 11.3. The van der Waals surface area contributed by atoms with Gasteiger partial charge in [0.2, 0.25) is 0 Å². The highest BCUT2D eigenvalue weighted by atomic mass is 16.5. The van der Waals surface area contributed by atoms with Crippen LogP contribution >= 0.6 is 0 Å². The summed E-state index contributed by atoms with van der Waals surface area (Å²) in [5.41, 5.74) is 3.75. The van der Waals surface area contributed by atoms with Gasteiger partial charge in [-0.05, 0) is 44.2 Å². The molecule has 3 heteroatoms. The molecule has 1 aromatic carbocycles. The van der Waals surface area contributed by atoms with Crippen LogP contribution in [0.15, 0.2) is 48.1 Å². The van der Waals surface area contributed by atoms with E-state index in [9.17, 15) is 4.79 Å². The third kappa shape index (κ3) is 5.68. The van der Waals surface area contributed by atoms with Crippen molar-refractivity contribution in [1.82, 2.24) is 5.32 Å². The molecule has 2 atom stereocenters. The zero-order valence-electron chi connectivity index (χ0n) is 14.3. The molecule has 1 N–H and O–H groups in total. The lowest BCUT2D eigenvalue weighted by molar-refractivity contribution is -0.139. The summed E-state index contributed by atoms with van der Waals surface area (Å²) in [7, 11) is 1.42. The van der Waals surface area contributed by atoms with Gasteiger partial charge in [-0.3, -0.25) is 4.79 Å². The predicted octanol–water partition coefficient (Wildman–Crippen LogP) is 3.59. The molecular formula is C20H27NO2. The van der Waals surface area contributed by atoms with Crippen molar-refractivity contribution in [2.24, 2.45) is 0 Å². The molecule has 0 aliphatic heterocycles. The van der Waals surface area contributed by atoms with Crippen LogP contribution in [0.25, 0.3) is 0 Å². The quantitative estimate of drug-likeness (QED) is 0.782. The van der Waals surface area contributed by atoms with Gasteiger partial charge < -0.3 is 10.1 Å². The first-order valence-corrected chi connectivity index (χ1v) is 8.34. The lowest BCUT2D eigenvalue weighted by atomic mass is 9.97. The molecule has 0 fully saturated rings. The zero-order valence-corrected chi connectivity index (χ0v) is 14.3. The molecule has 3 nitrogen and oxygen atoms in total. The Hall–Kier alpha value is -1.87. The van der Waals surface area contributed by atoms with Gasteiger partial charge in [0, 0.05) is 12.1 Å². The van der Waals surface area contributed by atoms with Crippen molar-refractivity contribution in [3.63, 3.8) is 0 Å². The van der Waals surface area contributed by atoms with Crippen LogP contribution in [-0.4, -0.2) is 25.2 Å². The van der Waals surface area contributed by atoms with E-state index >= 15 is 0 Å². The second-order valence-corrected chi connectivity index (χ2v) is 6.27. The molecule has 0 amide bonds. The number of nitrogens with one attached hydrogen (secondary N) is 1. The van der Waals surface area contributed by atoms with Crippen molar-refractivity contribution in [2.75, 3.05) is 7.11 Å². The first-order valence-electron chi connectivity index (χ1n) is 8.34. The number of benzene rings is 1. The summed E-state index contributed by atoms with van der Waals surface area (Å²) in [5.74, 6) is -0.198. The van der Waals surface area contributed by atoms with Crippen molar-refractivity contribution >= 4 is 5.97 Å². The number of esters is 1. The molecule has 0 spiro atoms. The largest absolute Gasteiger partial charge is 0.469 e. The third-order valence-electron chi connectivity index (χ3n) is 4.28. The molecule has 1 aliphatic carbocycles. The fraction of sp³-hybridized carbons (Fsp3) is 0.450. The van der Waals surface area contributed by atoms with Crippen LogP contribution in [0.1, 0.15) is 37.8 Å². The summed E-state index contributed by atoms with van der Waals surface area (Å²) in [6.45, 7) is 4.46. The summed E-state index contributed by atoms with van der Waals surface area (Å²) in [6, 6.07) is 9.04. The molecule has 23 heavy (non-hydrogen) atoms. The molecule has 2 rings (SSSR count). The Morgan fingerprint density at radius 1 is 1.22 bits per heavy atom. The number of methoxy groups -OCH3 is 1. The number of carbonyl (C=O) groups excluding carboxylic acids is 1. The van der Waals surface area contributed by atoms with Gasteiger partial charge in [0.15, 0.2) is 0 Å². The summed E-state index contributed by atoms with van der Waals surface area (Å²) in [5, 5.41) is 3.68. The van der Waals surface area contributed by atoms with Crippen LogP contribution in [0.3, 0.4) is 0 Å². The Kier molecular flexibility index (Phi) is 6.60. The molecule has 0 aromatic heterocycles. The zero-order chi connectivity index (χ0) is 16.7. The molecule has 124 valence electrons. The van der Waals surface area contributed by atoms with Gasteiger partial charge >= 0.3 is 5.97 Å². The topological polar surface area (TPSA) is 38.3 Å². The Bertz CT molecular complexity index is 572. The van der Waals surface area contributed by atoms with E-state index in [0.717, 1.165) is 24.8 Å². The molecule has 1 aliphatic rings. The number of hydrogen-bond acceptors (Lipinski definition) is 3. The summed E-state index contributed by atoms with van der Waals surface area (Å²) in [6.07, 6.45) is 10.2. The average Bonchev–Trinajstić information content (AvgIpc) is 2.57. The van der Waals surface area contributed by atoms with Gasteiger partial charge in [-0.25, -0.2) is 0 Å². The van der Waals surface area contributed by atoms with E-state index in [-0.39, 0.29) is 5.97 Å². The lowest BCUT2D eigenvalue weighted by Crippen LogP contribution is -2.37. The summed E-state index contributed by atoms with van der Waals surface area (Å²) < 4.78 is 4.69. The molecule has 0 saturated heterocycles.